The number of anilines is 1. The third-order valence-corrected chi connectivity index (χ3v) is 5.67. The summed E-state index contributed by atoms with van der Waals surface area (Å²) in [6.07, 6.45) is 3.36. The van der Waals surface area contributed by atoms with Gasteiger partial charge >= 0.3 is 5.97 Å². The number of hydrogen-bond donors (Lipinski definition) is 0. The van der Waals surface area contributed by atoms with Crippen LogP contribution in [0.25, 0.3) is 32.0 Å². The molecule has 9 heteroatoms. The molecule has 4 heterocycles. The van der Waals surface area contributed by atoms with Gasteiger partial charge in [-0.3, -0.25) is 4.79 Å². The fourth-order valence-electron chi connectivity index (χ4n) is 3.34. The first-order valence-electron chi connectivity index (χ1n) is 9.22. The third-order valence-electron chi connectivity index (χ3n) is 4.60. The van der Waals surface area contributed by atoms with Gasteiger partial charge in [0, 0.05) is 38.0 Å². The van der Waals surface area contributed by atoms with E-state index in [2.05, 4.69) is 14.9 Å². The van der Waals surface area contributed by atoms with Crippen LogP contribution in [0.15, 0.2) is 36.7 Å². The molecule has 0 atom stereocenters. The Hall–Kier alpha value is -3.17. The Labute approximate surface area is 170 Å². The number of hydrogen-bond acceptors (Lipinski definition) is 9. The van der Waals surface area contributed by atoms with Crippen molar-refractivity contribution >= 4 is 43.7 Å². The largest absolute Gasteiger partial charge is 0.427 e. The molecule has 29 heavy (non-hydrogen) atoms. The number of thiophene rings is 1. The minimum Gasteiger partial charge on any atom is -0.427 e. The van der Waals surface area contributed by atoms with Crippen LogP contribution in [0.3, 0.4) is 0 Å². The molecule has 0 unspecified atom stereocenters. The number of aromatic nitrogens is 4. The number of carbonyl (C=O) groups is 1. The van der Waals surface area contributed by atoms with Gasteiger partial charge in [-0.2, -0.15) is 0 Å². The monoisotopic (exact) mass is 407 g/mol. The summed E-state index contributed by atoms with van der Waals surface area (Å²) in [4.78, 5) is 33.0. The second-order valence-electron chi connectivity index (χ2n) is 6.58. The van der Waals surface area contributed by atoms with Crippen LogP contribution < -0.4 is 9.64 Å². The van der Waals surface area contributed by atoms with Gasteiger partial charge in [0.2, 0.25) is 0 Å². The maximum absolute atomic E-state index is 11.3. The van der Waals surface area contributed by atoms with E-state index in [9.17, 15) is 4.79 Å². The molecule has 0 N–H and O–H groups in total. The molecule has 0 spiro atoms. The Morgan fingerprint density at radius 1 is 1.14 bits per heavy atom. The number of fused-ring (bicyclic) bond motifs is 3. The fourth-order valence-corrected chi connectivity index (χ4v) is 4.39. The van der Waals surface area contributed by atoms with Crippen LogP contribution in [0.4, 0.5) is 5.82 Å². The van der Waals surface area contributed by atoms with Crippen LogP contribution in [-0.2, 0) is 9.53 Å². The van der Waals surface area contributed by atoms with Crippen molar-refractivity contribution in [3.63, 3.8) is 0 Å². The van der Waals surface area contributed by atoms with Gasteiger partial charge in [0.1, 0.15) is 21.6 Å². The molecule has 0 aliphatic carbocycles. The minimum atomic E-state index is -0.369. The first-order chi connectivity index (χ1) is 14.2. The number of rotatable bonds is 3. The molecule has 0 radical (unpaired) electrons. The van der Waals surface area contributed by atoms with Crippen LogP contribution in [0.5, 0.6) is 5.75 Å². The van der Waals surface area contributed by atoms with Crippen molar-refractivity contribution < 1.29 is 14.3 Å². The van der Waals surface area contributed by atoms with Gasteiger partial charge in [-0.05, 0) is 12.1 Å². The van der Waals surface area contributed by atoms with Gasteiger partial charge in [0.05, 0.1) is 17.9 Å². The van der Waals surface area contributed by atoms with E-state index in [1.807, 2.05) is 12.1 Å². The Balaban J connectivity index is 1.71. The summed E-state index contributed by atoms with van der Waals surface area (Å²) in [5.74, 6) is 1.50. The molecule has 0 amide bonds. The number of nitrogens with zero attached hydrogens (tertiary/aromatic N) is 5. The molecule has 1 saturated heterocycles. The van der Waals surface area contributed by atoms with E-state index in [1.54, 1.807) is 35.9 Å². The molecule has 1 aliphatic heterocycles. The summed E-state index contributed by atoms with van der Waals surface area (Å²) >= 11 is 1.55. The number of morpholine rings is 1. The van der Waals surface area contributed by atoms with E-state index in [1.165, 1.54) is 6.92 Å². The lowest BCUT2D eigenvalue weighted by atomic mass is 10.2. The highest BCUT2D eigenvalue weighted by molar-refractivity contribution is 7.25. The zero-order chi connectivity index (χ0) is 19.8. The lowest BCUT2D eigenvalue weighted by Gasteiger charge is -2.28. The van der Waals surface area contributed by atoms with Crippen molar-refractivity contribution in [3.8, 4) is 17.1 Å². The van der Waals surface area contributed by atoms with E-state index in [-0.39, 0.29) is 5.97 Å². The summed E-state index contributed by atoms with van der Waals surface area (Å²) in [7, 11) is 0. The zero-order valence-electron chi connectivity index (χ0n) is 15.7. The molecule has 0 bridgehead atoms. The normalized spacial score (nSPS) is 14.4. The van der Waals surface area contributed by atoms with Gasteiger partial charge in [-0.25, -0.2) is 19.9 Å². The van der Waals surface area contributed by atoms with Gasteiger partial charge in [-0.1, -0.05) is 12.1 Å². The van der Waals surface area contributed by atoms with Crippen molar-refractivity contribution in [3.05, 3.63) is 36.7 Å². The number of carbonyl (C=O) groups excluding carboxylic acids is 1. The third kappa shape index (κ3) is 3.39. The van der Waals surface area contributed by atoms with E-state index < -0.39 is 0 Å². The van der Waals surface area contributed by atoms with Crippen molar-refractivity contribution in [2.45, 2.75) is 6.92 Å². The smallest absolute Gasteiger partial charge is 0.308 e. The molecule has 1 aromatic carbocycles. The lowest BCUT2D eigenvalue weighted by Crippen LogP contribution is -2.36. The highest BCUT2D eigenvalue weighted by Gasteiger charge is 2.22. The van der Waals surface area contributed by atoms with Crippen LogP contribution in [0.2, 0.25) is 0 Å². The summed E-state index contributed by atoms with van der Waals surface area (Å²) in [5.41, 5.74) is 2.31. The molecular formula is C20H17N5O3S. The fraction of sp³-hybridized carbons (Fsp3) is 0.250. The first kappa shape index (κ1) is 17.9. The highest BCUT2D eigenvalue weighted by atomic mass is 32.1. The first-order valence-corrected chi connectivity index (χ1v) is 10.0. The zero-order valence-corrected chi connectivity index (χ0v) is 16.5. The van der Waals surface area contributed by atoms with Crippen LogP contribution >= 0.6 is 11.3 Å². The van der Waals surface area contributed by atoms with Crippen molar-refractivity contribution in [1.29, 1.82) is 0 Å². The van der Waals surface area contributed by atoms with E-state index in [0.717, 1.165) is 45.0 Å². The van der Waals surface area contributed by atoms with E-state index in [0.29, 0.717) is 24.8 Å². The molecule has 4 aromatic rings. The molecule has 3 aromatic heterocycles. The molecule has 5 rings (SSSR count). The molecular weight excluding hydrogens is 390 g/mol. The Kier molecular flexibility index (Phi) is 4.53. The van der Waals surface area contributed by atoms with E-state index in [4.69, 9.17) is 19.4 Å². The summed E-state index contributed by atoms with van der Waals surface area (Å²) in [6.45, 7) is 4.21. The average Bonchev–Trinajstić information content (AvgIpc) is 3.12. The Morgan fingerprint density at radius 3 is 2.79 bits per heavy atom. The number of ether oxygens (including phenoxy) is 2. The predicted octanol–water partition coefficient (Wildman–Crippen LogP) is 3.06. The van der Waals surface area contributed by atoms with Gasteiger partial charge in [-0.15, -0.1) is 11.3 Å². The van der Waals surface area contributed by atoms with Crippen molar-refractivity contribution in [2.75, 3.05) is 31.2 Å². The number of esters is 1. The predicted molar refractivity (Wildman–Crippen MR) is 110 cm³/mol. The molecule has 1 aliphatic rings. The highest BCUT2D eigenvalue weighted by Crippen LogP contribution is 2.37. The summed E-state index contributed by atoms with van der Waals surface area (Å²) < 4.78 is 11.7. The second kappa shape index (κ2) is 7.34. The quantitative estimate of drug-likeness (QED) is 0.378. The molecule has 146 valence electrons. The van der Waals surface area contributed by atoms with Crippen LogP contribution in [-0.4, -0.2) is 52.2 Å². The lowest BCUT2D eigenvalue weighted by molar-refractivity contribution is -0.131. The SMILES string of the molecule is CC(=O)Oc1cccc(-c2nc(N3CCOCC3)c3sc4nccnc4c3n2)c1. The topological polar surface area (TPSA) is 90.3 Å². The Bertz CT molecular complexity index is 1220. The molecule has 0 saturated carbocycles. The van der Waals surface area contributed by atoms with Crippen molar-refractivity contribution in [2.24, 2.45) is 0 Å². The maximum Gasteiger partial charge on any atom is 0.308 e. The number of benzene rings is 1. The average molecular weight is 407 g/mol. The van der Waals surface area contributed by atoms with Gasteiger partial charge < -0.3 is 14.4 Å². The van der Waals surface area contributed by atoms with Crippen LogP contribution in [0.1, 0.15) is 6.92 Å². The molecule has 8 nitrogen and oxygen atoms in total. The van der Waals surface area contributed by atoms with E-state index >= 15 is 0 Å². The summed E-state index contributed by atoms with van der Waals surface area (Å²) in [6, 6.07) is 7.22. The van der Waals surface area contributed by atoms with Crippen molar-refractivity contribution in [1.82, 2.24) is 19.9 Å². The van der Waals surface area contributed by atoms with Gasteiger partial charge in [0.15, 0.2) is 11.6 Å². The molecule has 1 fully saturated rings. The Morgan fingerprint density at radius 2 is 1.97 bits per heavy atom. The standard InChI is InChI=1S/C20H17N5O3S/c1-12(26)28-14-4-2-3-13(11-14)18-23-15-16-20(22-6-5-21-16)29-17(15)19(24-18)25-7-9-27-10-8-25/h2-6,11H,7-10H2,1H3. The van der Waals surface area contributed by atoms with Gasteiger partial charge in [0.25, 0.3) is 0 Å². The van der Waals surface area contributed by atoms with Crippen LogP contribution in [0, 0.1) is 0 Å². The maximum atomic E-state index is 11.3. The minimum absolute atomic E-state index is 0.369. The second-order valence-corrected chi connectivity index (χ2v) is 7.58. The summed E-state index contributed by atoms with van der Waals surface area (Å²) in [5, 5.41) is 0.